The molecule has 9 heteroatoms. The quantitative estimate of drug-likeness (QED) is 0.550. The van der Waals surface area contributed by atoms with Crippen LogP contribution in [0.2, 0.25) is 0 Å². The average molecular weight is 306 g/mol. The van der Waals surface area contributed by atoms with E-state index in [1.807, 2.05) is 0 Å². The SMILES string of the molecule is ClC(Cl)(Cl)C1NN=CN1C(Cl)(Cl)Cl. The van der Waals surface area contributed by atoms with Crippen LogP contribution in [-0.4, -0.2) is 25.1 Å². The van der Waals surface area contributed by atoms with E-state index in [2.05, 4.69) is 10.5 Å². The first-order chi connectivity index (χ1) is 5.73. The Morgan fingerprint density at radius 3 is 2.00 bits per heavy atom. The molecule has 76 valence electrons. The van der Waals surface area contributed by atoms with Crippen molar-refractivity contribution in [3.8, 4) is 0 Å². The van der Waals surface area contributed by atoms with Crippen LogP contribution >= 0.6 is 69.6 Å². The summed E-state index contributed by atoms with van der Waals surface area (Å²) in [7, 11) is 0. The summed E-state index contributed by atoms with van der Waals surface area (Å²) >= 11 is 33.6. The zero-order valence-corrected chi connectivity index (χ0v) is 10.4. The number of nitrogens with zero attached hydrogens (tertiary/aromatic N) is 2. The predicted octanol–water partition coefficient (Wildman–Crippen LogP) is 2.86. The normalized spacial score (nSPS) is 23.5. The Balaban J connectivity index is 2.81. The molecule has 1 N–H and O–H groups in total. The van der Waals surface area contributed by atoms with E-state index in [1.54, 1.807) is 0 Å². The maximum Gasteiger partial charge on any atom is 0.270 e. The van der Waals surface area contributed by atoms with Gasteiger partial charge in [-0.2, -0.15) is 5.10 Å². The molecular weight excluding hydrogens is 303 g/mol. The minimum Gasteiger partial charge on any atom is -0.291 e. The third kappa shape index (κ3) is 2.98. The molecule has 0 fully saturated rings. The molecule has 0 bridgehead atoms. The molecule has 0 aliphatic carbocycles. The molecule has 1 unspecified atom stereocenters. The highest BCUT2D eigenvalue weighted by Gasteiger charge is 2.46. The number of hydrazone groups is 1. The maximum absolute atomic E-state index is 5.61. The van der Waals surface area contributed by atoms with Gasteiger partial charge in [-0.1, -0.05) is 69.6 Å². The van der Waals surface area contributed by atoms with E-state index in [9.17, 15) is 0 Å². The monoisotopic (exact) mass is 303 g/mol. The molecule has 0 aromatic rings. The van der Waals surface area contributed by atoms with Crippen molar-refractivity contribution in [2.75, 3.05) is 0 Å². The third-order valence-electron chi connectivity index (χ3n) is 1.26. The molecule has 1 aliphatic heterocycles. The summed E-state index contributed by atoms with van der Waals surface area (Å²) in [5.74, 6) is 0. The first-order valence-electron chi connectivity index (χ1n) is 2.93. The lowest BCUT2D eigenvalue weighted by atomic mass is 10.5. The Morgan fingerprint density at radius 2 is 1.69 bits per heavy atom. The lowest BCUT2D eigenvalue weighted by Crippen LogP contribution is -2.51. The molecule has 1 heterocycles. The first-order valence-corrected chi connectivity index (χ1v) is 5.20. The number of alkyl halides is 6. The van der Waals surface area contributed by atoms with Gasteiger partial charge in [-0.15, -0.1) is 0 Å². The Bertz CT molecular complexity index is 217. The van der Waals surface area contributed by atoms with E-state index < -0.39 is 13.9 Å². The summed E-state index contributed by atoms with van der Waals surface area (Å²) in [4.78, 5) is 1.17. The molecule has 0 amide bonds. The van der Waals surface area contributed by atoms with E-state index in [0.717, 1.165) is 0 Å². The van der Waals surface area contributed by atoms with Crippen LogP contribution in [0, 0.1) is 0 Å². The summed E-state index contributed by atoms with van der Waals surface area (Å²) in [6.07, 6.45) is 0.449. The Morgan fingerprint density at radius 1 is 1.15 bits per heavy atom. The number of hydrogen-bond donors (Lipinski definition) is 1. The van der Waals surface area contributed by atoms with E-state index in [0.29, 0.717) is 0 Å². The lowest BCUT2D eigenvalue weighted by molar-refractivity contribution is 0.310. The van der Waals surface area contributed by atoms with Crippen molar-refractivity contribution in [2.45, 2.75) is 13.9 Å². The molecule has 0 radical (unpaired) electrons. The van der Waals surface area contributed by atoms with E-state index >= 15 is 0 Å². The van der Waals surface area contributed by atoms with Gasteiger partial charge in [-0.25, -0.2) is 0 Å². The fourth-order valence-electron chi connectivity index (χ4n) is 0.738. The van der Waals surface area contributed by atoms with Crippen LogP contribution in [0.15, 0.2) is 5.10 Å². The zero-order chi connectivity index (χ0) is 10.3. The summed E-state index contributed by atoms with van der Waals surface area (Å²) in [6, 6.07) is 0. The molecule has 0 aromatic heterocycles. The molecule has 0 saturated carbocycles. The molecular formula is C4H3Cl6N3. The second kappa shape index (κ2) is 3.87. The molecule has 0 aromatic carbocycles. The highest BCUT2D eigenvalue weighted by Crippen LogP contribution is 2.40. The van der Waals surface area contributed by atoms with E-state index in [4.69, 9.17) is 69.6 Å². The Hall–Kier alpha value is 1.01. The smallest absolute Gasteiger partial charge is 0.270 e. The van der Waals surface area contributed by atoms with Crippen LogP contribution in [0.1, 0.15) is 0 Å². The van der Waals surface area contributed by atoms with Gasteiger partial charge in [0.2, 0.25) is 3.79 Å². The van der Waals surface area contributed by atoms with Crippen LogP contribution < -0.4 is 5.43 Å². The lowest BCUT2D eigenvalue weighted by Gasteiger charge is -2.33. The second-order valence-corrected chi connectivity index (χ2v) is 6.78. The van der Waals surface area contributed by atoms with Gasteiger partial charge in [0.15, 0.2) is 6.17 Å². The first kappa shape index (κ1) is 12.1. The molecule has 3 nitrogen and oxygen atoms in total. The fraction of sp³-hybridized carbons (Fsp3) is 0.750. The minimum absolute atomic E-state index is 0.801. The van der Waals surface area contributed by atoms with Crippen LogP contribution in [0.3, 0.4) is 0 Å². The van der Waals surface area contributed by atoms with Gasteiger partial charge in [-0.05, 0) is 0 Å². The van der Waals surface area contributed by atoms with E-state index in [-0.39, 0.29) is 0 Å². The van der Waals surface area contributed by atoms with Crippen LogP contribution in [-0.2, 0) is 0 Å². The van der Waals surface area contributed by atoms with Gasteiger partial charge in [-0.3, -0.25) is 10.3 Å². The molecule has 0 saturated heterocycles. The number of rotatable bonds is 0. The number of halogens is 6. The van der Waals surface area contributed by atoms with Crippen LogP contribution in [0.5, 0.6) is 0 Å². The Kier molecular flexibility index (Phi) is 3.60. The second-order valence-electron chi connectivity index (χ2n) is 2.19. The van der Waals surface area contributed by atoms with Gasteiger partial charge >= 0.3 is 0 Å². The fourth-order valence-corrected chi connectivity index (χ4v) is 1.62. The van der Waals surface area contributed by atoms with E-state index in [1.165, 1.54) is 11.2 Å². The van der Waals surface area contributed by atoms with Crippen molar-refractivity contribution >= 4 is 75.9 Å². The van der Waals surface area contributed by atoms with Crippen molar-refractivity contribution in [1.29, 1.82) is 0 Å². The largest absolute Gasteiger partial charge is 0.291 e. The van der Waals surface area contributed by atoms with Gasteiger partial charge in [0.25, 0.3) is 3.92 Å². The summed E-state index contributed by atoms with van der Waals surface area (Å²) in [6.45, 7) is 0. The van der Waals surface area contributed by atoms with Gasteiger partial charge in [0.05, 0.1) is 0 Å². The molecule has 1 atom stereocenters. The summed E-state index contributed by atoms with van der Waals surface area (Å²) in [5.41, 5.74) is 2.50. The minimum atomic E-state index is -1.71. The van der Waals surface area contributed by atoms with Crippen molar-refractivity contribution in [1.82, 2.24) is 10.3 Å². The zero-order valence-electron chi connectivity index (χ0n) is 5.82. The number of hydrogen-bond acceptors (Lipinski definition) is 3. The predicted molar refractivity (Wildman–Crippen MR) is 57.8 cm³/mol. The molecule has 1 rings (SSSR count). The summed E-state index contributed by atoms with van der Waals surface area (Å²) in [5, 5.41) is 3.62. The molecule has 0 spiro atoms. The Labute approximate surface area is 105 Å². The van der Waals surface area contributed by atoms with Crippen LogP contribution in [0.4, 0.5) is 0 Å². The molecule has 1 aliphatic rings. The molecule has 13 heavy (non-hydrogen) atoms. The van der Waals surface area contributed by atoms with Crippen molar-refractivity contribution in [3.05, 3.63) is 0 Å². The highest BCUT2D eigenvalue weighted by atomic mass is 35.6. The number of nitrogens with one attached hydrogen (secondary N) is 1. The summed E-state index contributed by atoms with van der Waals surface area (Å²) < 4.78 is -3.35. The van der Waals surface area contributed by atoms with Crippen molar-refractivity contribution in [2.24, 2.45) is 5.10 Å². The standard InChI is InChI=1S/C4H3Cl6N3/c5-3(6,7)2-12-11-1-13(2)4(8,9)10/h1-2,12H. The average Bonchev–Trinajstić information content (AvgIpc) is 2.27. The maximum atomic E-state index is 5.61. The van der Waals surface area contributed by atoms with Crippen LogP contribution in [0.25, 0.3) is 0 Å². The van der Waals surface area contributed by atoms with Gasteiger partial charge in [0.1, 0.15) is 6.34 Å². The van der Waals surface area contributed by atoms with Crippen molar-refractivity contribution < 1.29 is 0 Å². The van der Waals surface area contributed by atoms with Gasteiger partial charge in [0, 0.05) is 0 Å². The van der Waals surface area contributed by atoms with Gasteiger partial charge < -0.3 is 0 Å². The third-order valence-corrected chi connectivity index (χ3v) is 2.47. The van der Waals surface area contributed by atoms with Crippen molar-refractivity contribution in [3.63, 3.8) is 0 Å². The topological polar surface area (TPSA) is 27.6 Å². The highest BCUT2D eigenvalue weighted by molar-refractivity contribution is 6.69.